The highest BCUT2D eigenvalue weighted by molar-refractivity contribution is 7.92. The van der Waals surface area contributed by atoms with Gasteiger partial charge in [-0.1, -0.05) is 24.3 Å². The van der Waals surface area contributed by atoms with Gasteiger partial charge in [0.25, 0.3) is 15.7 Å². The van der Waals surface area contributed by atoms with Crippen LogP contribution in [-0.2, 0) is 39.1 Å². The lowest BCUT2D eigenvalue weighted by Gasteiger charge is -2.24. The van der Waals surface area contributed by atoms with Crippen LogP contribution in [0.2, 0.25) is 0 Å². The van der Waals surface area contributed by atoms with E-state index in [1.165, 1.54) is 40.7 Å². The molecular weight excluding hydrogens is 488 g/mol. The van der Waals surface area contributed by atoms with Crippen LogP contribution in [0, 0.1) is 10.1 Å². The number of anilines is 1. The fourth-order valence-corrected chi connectivity index (χ4v) is 6.26. The van der Waals surface area contributed by atoms with Crippen molar-refractivity contribution >= 4 is 27.4 Å². The number of hydrogen-bond acceptors (Lipinski definition) is 8. The van der Waals surface area contributed by atoms with Crippen molar-refractivity contribution in [3.63, 3.8) is 0 Å². The van der Waals surface area contributed by atoms with E-state index >= 15 is 0 Å². The zero-order chi connectivity index (χ0) is 25.4. The van der Waals surface area contributed by atoms with E-state index in [0.29, 0.717) is 29.0 Å². The number of carbonyl (C=O) groups excluding carboxylic acids is 1. The van der Waals surface area contributed by atoms with Gasteiger partial charge in [0.05, 0.1) is 27.7 Å². The Balaban J connectivity index is 1.39. The number of carbonyl (C=O) groups is 1. The van der Waals surface area contributed by atoms with E-state index in [-0.39, 0.29) is 42.2 Å². The first-order chi connectivity index (χ1) is 17.3. The summed E-state index contributed by atoms with van der Waals surface area (Å²) in [6.07, 6.45) is 0.595. The fraction of sp³-hybridized carbons (Fsp3) is 0.240. The average molecular weight is 511 g/mol. The number of nitro benzene ring substituents is 1. The van der Waals surface area contributed by atoms with E-state index in [4.69, 9.17) is 14.2 Å². The Morgan fingerprint density at radius 2 is 1.94 bits per heavy atom. The second kappa shape index (κ2) is 9.25. The van der Waals surface area contributed by atoms with Crippen molar-refractivity contribution in [2.24, 2.45) is 0 Å². The first-order valence-corrected chi connectivity index (χ1v) is 12.6. The molecule has 5 rings (SSSR count). The number of nitrogens with zero attached hydrogens (tertiary/aromatic N) is 2. The van der Waals surface area contributed by atoms with Crippen LogP contribution in [0.25, 0.3) is 0 Å². The number of esters is 1. The molecule has 0 aliphatic carbocycles. The SMILES string of the molecule is C[C@@H]1Cc2ccccc2N1S(=O)(=O)c1cccc(C(=O)OCc2cc([N+](=O)[O-])cc3c2OCOC3)c1. The second-order valence-corrected chi connectivity index (χ2v) is 10.4. The largest absolute Gasteiger partial charge is 0.467 e. The lowest BCUT2D eigenvalue weighted by atomic mass is 10.1. The molecule has 3 aromatic rings. The molecule has 0 fully saturated rings. The first kappa shape index (κ1) is 23.8. The molecule has 3 aromatic carbocycles. The number of non-ortho nitro benzene ring substituents is 1. The van der Waals surface area contributed by atoms with E-state index in [0.717, 1.165) is 5.56 Å². The minimum absolute atomic E-state index is 0.0241. The van der Waals surface area contributed by atoms with E-state index in [1.807, 2.05) is 19.1 Å². The normalized spacial score (nSPS) is 16.6. The third kappa shape index (κ3) is 4.27. The van der Waals surface area contributed by atoms with Gasteiger partial charge in [-0.15, -0.1) is 0 Å². The maximum atomic E-state index is 13.5. The average Bonchev–Trinajstić information content (AvgIpc) is 3.23. The van der Waals surface area contributed by atoms with Crippen LogP contribution in [0.5, 0.6) is 5.75 Å². The van der Waals surface area contributed by atoms with Gasteiger partial charge < -0.3 is 14.2 Å². The van der Waals surface area contributed by atoms with Gasteiger partial charge in [0.1, 0.15) is 12.4 Å². The van der Waals surface area contributed by atoms with Crippen molar-refractivity contribution in [3.05, 3.63) is 93.0 Å². The summed E-state index contributed by atoms with van der Waals surface area (Å²) >= 11 is 0. The number of rotatable bonds is 6. The summed E-state index contributed by atoms with van der Waals surface area (Å²) in [4.78, 5) is 23.5. The third-order valence-electron chi connectivity index (χ3n) is 6.11. The van der Waals surface area contributed by atoms with Crippen LogP contribution in [0.3, 0.4) is 0 Å². The number of ether oxygens (including phenoxy) is 3. The number of sulfonamides is 1. The highest BCUT2D eigenvalue weighted by Crippen LogP contribution is 2.37. The summed E-state index contributed by atoms with van der Waals surface area (Å²) in [5.41, 5.74) is 2.23. The highest BCUT2D eigenvalue weighted by atomic mass is 32.2. The number of fused-ring (bicyclic) bond motifs is 2. The first-order valence-electron chi connectivity index (χ1n) is 11.2. The van der Waals surface area contributed by atoms with Crippen LogP contribution >= 0.6 is 0 Å². The van der Waals surface area contributed by atoms with Crippen molar-refractivity contribution in [2.75, 3.05) is 11.1 Å². The second-order valence-electron chi connectivity index (χ2n) is 8.55. The molecule has 2 heterocycles. The topological polar surface area (TPSA) is 125 Å². The van der Waals surface area contributed by atoms with Crippen molar-refractivity contribution in [2.45, 2.75) is 37.5 Å². The molecule has 186 valence electrons. The molecule has 10 nitrogen and oxygen atoms in total. The zero-order valence-corrected chi connectivity index (χ0v) is 20.1. The highest BCUT2D eigenvalue weighted by Gasteiger charge is 2.36. The third-order valence-corrected chi connectivity index (χ3v) is 8.04. The Morgan fingerprint density at radius 1 is 1.14 bits per heavy atom. The van der Waals surface area contributed by atoms with E-state index in [1.54, 1.807) is 12.1 Å². The van der Waals surface area contributed by atoms with Crippen molar-refractivity contribution in [3.8, 4) is 5.75 Å². The van der Waals surface area contributed by atoms with Gasteiger partial charge >= 0.3 is 5.97 Å². The maximum Gasteiger partial charge on any atom is 0.338 e. The van der Waals surface area contributed by atoms with Crippen LogP contribution in [0.15, 0.2) is 65.6 Å². The maximum absolute atomic E-state index is 13.5. The smallest absolute Gasteiger partial charge is 0.338 e. The van der Waals surface area contributed by atoms with Gasteiger partial charge in [-0.2, -0.15) is 0 Å². The molecule has 0 unspecified atom stereocenters. The van der Waals surface area contributed by atoms with Crippen LogP contribution in [0.4, 0.5) is 11.4 Å². The molecule has 0 saturated heterocycles. The molecule has 1 atom stereocenters. The predicted molar refractivity (Wildman–Crippen MR) is 128 cm³/mol. The van der Waals surface area contributed by atoms with Crippen molar-refractivity contribution in [1.29, 1.82) is 0 Å². The molecule has 0 spiro atoms. The molecule has 0 amide bonds. The molecule has 0 bridgehead atoms. The van der Waals surface area contributed by atoms with E-state index in [2.05, 4.69) is 0 Å². The van der Waals surface area contributed by atoms with Crippen molar-refractivity contribution in [1.82, 2.24) is 0 Å². The molecule has 2 aliphatic rings. The van der Waals surface area contributed by atoms with E-state index in [9.17, 15) is 23.3 Å². The summed E-state index contributed by atoms with van der Waals surface area (Å²) in [6, 6.07) is 15.3. The summed E-state index contributed by atoms with van der Waals surface area (Å²) in [5.74, 6) is -0.396. The Morgan fingerprint density at radius 3 is 2.75 bits per heavy atom. The molecule has 2 aliphatic heterocycles. The number of benzene rings is 3. The van der Waals surface area contributed by atoms with E-state index < -0.39 is 20.9 Å². The summed E-state index contributed by atoms with van der Waals surface area (Å²) in [7, 11) is -3.93. The van der Waals surface area contributed by atoms with Gasteiger partial charge in [-0.3, -0.25) is 14.4 Å². The minimum Gasteiger partial charge on any atom is -0.467 e. The summed E-state index contributed by atoms with van der Waals surface area (Å²) in [5, 5.41) is 11.3. The Bertz CT molecular complexity index is 1470. The van der Waals surface area contributed by atoms with Crippen molar-refractivity contribution < 1.29 is 32.3 Å². The lowest BCUT2D eigenvalue weighted by molar-refractivity contribution is -0.385. The monoisotopic (exact) mass is 510 g/mol. The van der Waals surface area contributed by atoms with Crippen LogP contribution < -0.4 is 9.04 Å². The summed E-state index contributed by atoms with van der Waals surface area (Å²) in [6.45, 7) is 1.65. The molecule has 0 N–H and O–H groups in total. The molecule has 0 aromatic heterocycles. The fourth-order valence-electron chi connectivity index (χ4n) is 4.52. The Kier molecular flexibility index (Phi) is 6.10. The van der Waals surface area contributed by atoms with Crippen LogP contribution in [-0.4, -0.2) is 32.1 Å². The molecule has 0 radical (unpaired) electrons. The molecule has 36 heavy (non-hydrogen) atoms. The lowest BCUT2D eigenvalue weighted by Crippen LogP contribution is -2.35. The number of nitro groups is 1. The van der Waals surface area contributed by atoms with Crippen LogP contribution in [0.1, 0.15) is 34.0 Å². The molecular formula is C25H22N2O8S. The summed E-state index contributed by atoms with van der Waals surface area (Å²) < 4.78 is 44.4. The predicted octanol–water partition coefficient (Wildman–Crippen LogP) is 3.96. The quantitative estimate of drug-likeness (QED) is 0.277. The minimum atomic E-state index is -3.93. The molecule has 0 saturated carbocycles. The standard InChI is InChI=1S/C25H22N2O8S/c1-16-9-17-5-2-3-8-23(17)26(16)36(31,32)22-7-4-6-18(12-22)25(28)34-14-20-11-21(27(29)30)10-19-13-33-15-35-24(19)20/h2-8,10-12,16H,9,13-15H2,1H3/t16-/m1/s1. The van der Waals surface area contributed by atoms with Gasteiger partial charge in [-0.25, -0.2) is 13.2 Å². The van der Waals surface area contributed by atoms with Gasteiger partial charge in [0, 0.05) is 29.3 Å². The Labute approximate surface area is 207 Å². The van der Waals surface area contributed by atoms with Gasteiger partial charge in [0.15, 0.2) is 6.79 Å². The molecule has 11 heteroatoms. The number of para-hydroxylation sites is 1. The van der Waals surface area contributed by atoms with Gasteiger partial charge in [0.2, 0.25) is 0 Å². The Hall–Kier alpha value is -3.96. The van der Waals surface area contributed by atoms with Gasteiger partial charge in [-0.05, 0) is 43.2 Å². The zero-order valence-electron chi connectivity index (χ0n) is 19.2. The number of hydrogen-bond donors (Lipinski definition) is 0.